The van der Waals surface area contributed by atoms with E-state index in [9.17, 15) is 0 Å². The van der Waals surface area contributed by atoms with Gasteiger partial charge in [0.05, 0.1) is 0 Å². The van der Waals surface area contributed by atoms with E-state index in [0.717, 1.165) is 17.3 Å². The average molecular weight is 340 g/mol. The van der Waals surface area contributed by atoms with Crippen LogP contribution < -0.4 is 5.73 Å². The van der Waals surface area contributed by atoms with Crippen LogP contribution in [0.5, 0.6) is 0 Å². The summed E-state index contributed by atoms with van der Waals surface area (Å²) in [6, 6.07) is 0. The molecular formula is C8H15NO2S2Sn. The minimum absolute atomic E-state index is 0.110. The maximum absolute atomic E-state index is 9.01. The molecule has 0 rings (SSSR count). The van der Waals surface area contributed by atoms with Crippen molar-refractivity contribution in [2.75, 3.05) is 6.54 Å². The van der Waals surface area contributed by atoms with Gasteiger partial charge in [0.25, 0.3) is 0 Å². The zero-order valence-electron chi connectivity index (χ0n) is 8.14. The molecule has 0 aliphatic carbocycles. The number of hydrogen-bond acceptors (Lipinski definition) is 5. The fourth-order valence-corrected chi connectivity index (χ4v) is 1.87. The van der Waals surface area contributed by atoms with Crippen molar-refractivity contribution in [2.24, 2.45) is 5.73 Å². The van der Waals surface area contributed by atoms with Crippen LogP contribution in [0.4, 0.5) is 0 Å². The van der Waals surface area contributed by atoms with Crippen molar-refractivity contribution < 1.29 is 9.59 Å². The van der Waals surface area contributed by atoms with E-state index in [0.29, 0.717) is 12.6 Å². The van der Waals surface area contributed by atoms with E-state index in [2.05, 4.69) is 29.4 Å². The molecule has 2 radical (unpaired) electrons. The third kappa shape index (κ3) is 56.1. The molecule has 0 heterocycles. The summed E-state index contributed by atoms with van der Waals surface area (Å²) in [5.74, 6) is 0. The van der Waals surface area contributed by atoms with Gasteiger partial charge < -0.3 is 0 Å². The van der Waals surface area contributed by atoms with Gasteiger partial charge in [-0.25, -0.2) is 0 Å². The fraction of sp³-hybridized carbons (Fsp3) is 0.500. The zero-order valence-corrected chi connectivity index (χ0v) is 12.6. The fourth-order valence-electron chi connectivity index (χ4n) is 0.279. The Morgan fingerprint density at radius 3 is 1.64 bits per heavy atom. The van der Waals surface area contributed by atoms with Crippen molar-refractivity contribution >= 4 is 68.9 Å². The van der Waals surface area contributed by atoms with E-state index >= 15 is 0 Å². The molecule has 0 fully saturated rings. The topological polar surface area (TPSA) is 60.2 Å². The predicted octanol–water partition coefficient (Wildman–Crippen LogP) is 0.876. The first-order valence-corrected chi connectivity index (χ1v) is 9.69. The molecule has 0 aromatic carbocycles. The van der Waals surface area contributed by atoms with Gasteiger partial charge >= 0.3 is 49.2 Å². The van der Waals surface area contributed by atoms with Crippen molar-refractivity contribution in [2.45, 2.75) is 15.8 Å². The Hall–Kier alpha value is 0.279. The summed E-state index contributed by atoms with van der Waals surface area (Å²) >= 11 is 8.23. The first kappa shape index (κ1) is 19.8. The number of aldehydes is 2. The third-order valence-electron chi connectivity index (χ3n) is 0.742. The number of carbonyl (C=O) groups is 2. The second-order valence-corrected chi connectivity index (χ2v) is 5.78. The van der Waals surface area contributed by atoms with Gasteiger partial charge in [-0.1, -0.05) is 24.4 Å². The average Bonchev–Trinajstić information content (AvgIpc) is 2.27. The molecule has 3 nitrogen and oxygen atoms in total. The van der Waals surface area contributed by atoms with E-state index < -0.39 is 0 Å². The van der Waals surface area contributed by atoms with Gasteiger partial charge in [-0.3, -0.25) is 9.59 Å². The van der Waals surface area contributed by atoms with Crippen LogP contribution in [0.3, 0.4) is 0 Å². The Bertz CT molecular complexity index is 117. The van der Waals surface area contributed by atoms with E-state index in [4.69, 9.17) is 15.3 Å². The Labute approximate surface area is 106 Å². The number of rotatable bonds is 5. The molecule has 2 N–H and O–H groups in total. The first-order valence-electron chi connectivity index (χ1n) is 3.87. The quantitative estimate of drug-likeness (QED) is 0.348. The van der Waals surface area contributed by atoms with Gasteiger partial charge in [-0.05, 0) is 0 Å². The molecule has 0 aliphatic rings. The first-order chi connectivity index (χ1) is 6.74. The Morgan fingerprint density at radius 2 is 1.57 bits per heavy atom. The van der Waals surface area contributed by atoms with Gasteiger partial charge in [0.15, 0.2) is 12.6 Å². The van der Waals surface area contributed by atoms with Gasteiger partial charge in [0, 0.05) is 10.7 Å². The molecular weight excluding hydrogens is 325 g/mol. The molecule has 0 saturated heterocycles. The summed E-state index contributed by atoms with van der Waals surface area (Å²) in [7, 11) is 0. The number of thiocarbonyl (C=S) groups is 2. The summed E-state index contributed by atoms with van der Waals surface area (Å²) in [5.41, 5.74) is 5.24. The molecule has 0 atom stereocenters. The summed E-state index contributed by atoms with van der Waals surface area (Å²) < 4.78 is 1.46. The number of nitrogens with two attached hydrogens (primary N) is 1. The summed E-state index contributed by atoms with van der Waals surface area (Å²) in [4.78, 5) is 20.4. The van der Waals surface area contributed by atoms with Crippen LogP contribution in [-0.2, 0) is 9.59 Å². The standard InChI is InChI=1S/C3H8N.2C2H2OS.CH3.Sn/c1-2-3-4;2*3-1-2-4;;/h1-4H2;2*1-2H;1H3;. The van der Waals surface area contributed by atoms with E-state index in [1.165, 1.54) is 10.9 Å². The molecule has 0 aliphatic heterocycles. The summed E-state index contributed by atoms with van der Waals surface area (Å²) in [5, 5.41) is 2.06. The zero-order chi connectivity index (χ0) is 11.7. The normalized spacial score (nSPS) is 6.71. The second kappa shape index (κ2) is 29.2. The van der Waals surface area contributed by atoms with Crippen molar-refractivity contribution in [1.82, 2.24) is 0 Å². The van der Waals surface area contributed by atoms with E-state index in [1.807, 2.05) is 0 Å². The molecule has 0 saturated carbocycles. The van der Waals surface area contributed by atoms with Gasteiger partial charge in [0.1, 0.15) is 0 Å². The van der Waals surface area contributed by atoms with Crippen LogP contribution in [0.15, 0.2) is 0 Å². The van der Waals surface area contributed by atoms with E-state index in [1.54, 1.807) is 0 Å². The summed E-state index contributed by atoms with van der Waals surface area (Å²) in [6.07, 6.45) is 2.40. The predicted molar refractivity (Wildman–Crippen MR) is 69.5 cm³/mol. The molecule has 14 heavy (non-hydrogen) atoms. The third-order valence-corrected chi connectivity index (χ3v) is 3.40. The minimum atomic E-state index is 0.110. The molecule has 80 valence electrons. The molecule has 0 spiro atoms. The van der Waals surface area contributed by atoms with Crippen LogP contribution in [0.1, 0.15) is 6.42 Å². The Kier molecular flexibility index (Phi) is 41.3. The van der Waals surface area contributed by atoms with E-state index in [-0.39, 0.29) is 21.1 Å². The molecule has 0 aromatic rings. The van der Waals surface area contributed by atoms with Gasteiger partial charge in [-0.15, -0.1) is 0 Å². The van der Waals surface area contributed by atoms with Crippen molar-refractivity contribution in [1.29, 1.82) is 0 Å². The van der Waals surface area contributed by atoms with Gasteiger partial charge in [0.2, 0.25) is 0 Å². The van der Waals surface area contributed by atoms with Crippen molar-refractivity contribution in [3.8, 4) is 0 Å². The van der Waals surface area contributed by atoms with Crippen LogP contribution in [0, 0.1) is 0 Å². The molecule has 0 bridgehead atoms. The Balaban J connectivity index is -0.000000135. The number of carbonyl (C=O) groups excluding carboxylic acids is 2. The molecule has 0 unspecified atom stereocenters. The molecule has 0 amide bonds. The van der Waals surface area contributed by atoms with Crippen LogP contribution in [0.25, 0.3) is 0 Å². The Morgan fingerprint density at radius 1 is 1.21 bits per heavy atom. The number of hydrogen-bond donors (Lipinski definition) is 1. The van der Waals surface area contributed by atoms with Crippen LogP contribution in [0.2, 0.25) is 9.38 Å². The van der Waals surface area contributed by atoms with Crippen molar-refractivity contribution in [3.05, 3.63) is 0 Å². The monoisotopic (exact) mass is 341 g/mol. The van der Waals surface area contributed by atoms with Crippen LogP contribution in [-0.4, -0.2) is 51.0 Å². The second-order valence-electron chi connectivity index (χ2n) is 1.79. The summed E-state index contributed by atoms with van der Waals surface area (Å²) in [6.45, 7) is 0.898. The van der Waals surface area contributed by atoms with Gasteiger partial charge in [-0.2, -0.15) is 0 Å². The van der Waals surface area contributed by atoms with Crippen molar-refractivity contribution in [3.63, 3.8) is 0 Å². The van der Waals surface area contributed by atoms with Crippen LogP contribution >= 0.6 is 24.4 Å². The molecule has 0 aromatic heterocycles. The maximum atomic E-state index is 9.01. The SMILES string of the molecule is O=CC=S.O=CC=S.[CH3][Sn][CH2]CCN. The molecule has 6 heteroatoms.